The zero-order chi connectivity index (χ0) is 14.7. The van der Waals surface area contributed by atoms with E-state index in [0.29, 0.717) is 11.5 Å². The van der Waals surface area contributed by atoms with Gasteiger partial charge in [0.2, 0.25) is 0 Å². The molecule has 0 aliphatic rings. The van der Waals surface area contributed by atoms with Crippen molar-refractivity contribution >= 4 is 17.4 Å². The zero-order valence-electron chi connectivity index (χ0n) is 11.0. The second kappa shape index (κ2) is 5.41. The number of carbonyl (C=O) groups excluding carboxylic acids is 1. The van der Waals surface area contributed by atoms with Crippen molar-refractivity contribution in [3.8, 4) is 5.69 Å². The maximum Gasteiger partial charge on any atom is 0.277 e. The van der Waals surface area contributed by atoms with Crippen LogP contribution >= 0.6 is 0 Å². The molecule has 0 radical (unpaired) electrons. The summed E-state index contributed by atoms with van der Waals surface area (Å²) in [5, 5.41) is 6.83. The third kappa shape index (κ3) is 2.71. The Morgan fingerprint density at radius 1 is 1.19 bits per heavy atom. The second-order valence-electron chi connectivity index (χ2n) is 4.25. The molecule has 7 heteroatoms. The van der Waals surface area contributed by atoms with Crippen LogP contribution in [0.15, 0.2) is 55.1 Å². The predicted octanol–water partition coefficient (Wildman–Crippen LogP) is 1.50. The lowest BCUT2D eigenvalue weighted by atomic mass is 10.3. The molecule has 2 aromatic heterocycles. The molecule has 0 spiro atoms. The third-order valence-corrected chi connectivity index (χ3v) is 2.81. The molecule has 104 valence electrons. The van der Waals surface area contributed by atoms with Crippen LogP contribution in [0.1, 0.15) is 10.5 Å². The van der Waals surface area contributed by atoms with Crippen molar-refractivity contribution in [3.05, 3.63) is 60.8 Å². The van der Waals surface area contributed by atoms with Gasteiger partial charge in [-0.15, -0.1) is 0 Å². The molecule has 7 nitrogen and oxygen atoms in total. The summed E-state index contributed by atoms with van der Waals surface area (Å²) in [6, 6.07) is 8.90. The monoisotopic (exact) mass is 280 g/mol. The number of aromatic nitrogens is 4. The van der Waals surface area contributed by atoms with Crippen molar-refractivity contribution < 1.29 is 4.79 Å². The highest BCUT2D eigenvalue weighted by atomic mass is 16.2. The number of para-hydroxylation sites is 2. The maximum absolute atomic E-state index is 12.1. The van der Waals surface area contributed by atoms with Gasteiger partial charge in [-0.25, -0.2) is 9.67 Å². The first-order valence-electron chi connectivity index (χ1n) is 6.22. The molecule has 3 aromatic rings. The van der Waals surface area contributed by atoms with Crippen LogP contribution in [0.2, 0.25) is 0 Å². The number of benzene rings is 1. The SMILES string of the molecule is Nc1ccccc1-n1ccc(C(=O)Nc2cnccn2)n1. The Morgan fingerprint density at radius 3 is 2.81 bits per heavy atom. The van der Waals surface area contributed by atoms with Gasteiger partial charge in [0.05, 0.1) is 17.6 Å². The van der Waals surface area contributed by atoms with Crippen molar-refractivity contribution in [1.82, 2.24) is 19.7 Å². The Kier molecular flexibility index (Phi) is 3.30. The van der Waals surface area contributed by atoms with E-state index >= 15 is 0 Å². The Labute approximate surface area is 120 Å². The van der Waals surface area contributed by atoms with Gasteiger partial charge < -0.3 is 11.1 Å². The highest BCUT2D eigenvalue weighted by molar-refractivity contribution is 6.02. The first kappa shape index (κ1) is 12.8. The van der Waals surface area contributed by atoms with E-state index in [1.54, 1.807) is 23.0 Å². The van der Waals surface area contributed by atoms with Crippen LogP contribution in [0.25, 0.3) is 5.69 Å². The highest BCUT2D eigenvalue weighted by Crippen LogP contribution is 2.15. The van der Waals surface area contributed by atoms with Crippen molar-refractivity contribution in [1.29, 1.82) is 0 Å². The molecule has 0 saturated carbocycles. The lowest BCUT2D eigenvalue weighted by Gasteiger charge is -2.04. The van der Waals surface area contributed by atoms with E-state index in [0.717, 1.165) is 5.69 Å². The Morgan fingerprint density at radius 2 is 2.05 bits per heavy atom. The molecule has 0 aliphatic heterocycles. The summed E-state index contributed by atoms with van der Waals surface area (Å²) in [7, 11) is 0. The third-order valence-electron chi connectivity index (χ3n) is 2.81. The van der Waals surface area contributed by atoms with Gasteiger partial charge in [-0.2, -0.15) is 5.10 Å². The van der Waals surface area contributed by atoms with Crippen molar-refractivity contribution in [2.24, 2.45) is 0 Å². The van der Waals surface area contributed by atoms with Crippen molar-refractivity contribution in [2.45, 2.75) is 0 Å². The number of amides is 1. The van der Waals surface area contributed by atoms with E-state index in [1.165, 1.54) is 18.6 Å². The molecule has 3 rings (SSSR count). The van der Waals surface area contributed by atoms with Crippen LogP contribution in [0.5, 0.6) is 0 Å². The molecule has 3 N–H and O–H groups in total. The number of nitrogens with two attached hydrogens (primary N) is 1. The minimum absolute atomic E-state index is 0.268. The van der Waals surface area contributed by atoms with Crippen LogP contribution < -0.4 is 11.1 Å². The Bertz CT molecular complexity index is 768. The van der Waals surface area contributed by atoms with Gasteiger partial charge in [0.25, 0.3) is 5.91 Å². The first-order valence-corrected chi connectivity index (χ1v) is 6.22. The number of carbonyl (C=O) groups is 1. The van der Waals surface area contributed by atoms with Crippen LogP contribution in [0.4, 0.5) is 11.5 Å². The van der Waals surface area contributed by atoms with Gasteiger partial charge in [-0.05, 0) is 18.2 Å². The first-order chi connectivity index (χ1) is 10.2. The molecular formula is C14H12N6O. The number of rotatable bonds is 3. The zero-order valence-corrected chi connectivity index (χ0v) is 11.0. The quantitative estimate of drug-likeness (QED) is 0.708. The van der Waals surface area contributed by atoms with Crippen LogP contribution in [-0.2, 0) is 0 Å². The van der Waals surface area contributed by atoms with E-state index in [2.05, 4.69) is 20.4 Å². The van der Waals surface area contributed by atoms with E-state index in [1.807, 2.05) is 18.2 Å². The molecule has 0 bridgehead atoms. The van der Waals surface area contributed by atoms with Gasteiger partial charge >= 0.3 is 0 Å². The molecule has 2 heterocycles. The molecular weight excluding hydrogens is 268 g/mol. The Hall–Kier alpha value is -3.22. The van der Waals surface area contributed by atoms with Gasteiger partial charge in [-0.3, -0.25) is 9.78 Å². The van der Waals surface area contributed by atoms with Crippen LogP contribution in [-0.4, -0.2) is 25.7 Å². The minimum atomic E-state index is -0.358. The van der Waals surface area contributed by atoms with Gasteiger partial charge in [-0.1, -0.05) is 12.1 Å². The predicted molar refractivity (Wildman–Crippen MR) is 78.0 cm³/mol. The summed E-state index contributed by atoms with van der Waals surface area (Å²) in [4.78, 5) is 19.9. The number of nitrogen functional groups attached to an aromatic ring is 1. The summed E-state index contributed by atoms with van der Waals surface area (Å²) in [6.45, 7) is 0. The number of nitrogens with zero attached hydrogens (tertiary/aromatic N) is 4. The number of anilines is 2. The maximum atomic E-state index is 12.1. The molecule has 1 amide bonds. The summed E-state index contributed by atoms with van der Waals surface area (Å²) in [5.41, 5.74) is 7.45. The van der Waals surface area contributed by atoms with Gasteiger partial charge in [0.1, 0.15) is 0 Å². The van der Waals surface area contributed by atoms with E-state index in [4.69, 9.17) is 5.73 Å². The smallest absolute Gasteiger partial charge is 0.277 e. The molecule has 0 aliphatic carbocycles. The topological polar surface area (TPSA) is 98.7 Å². The molecule has 0 saturated heterocycles. The number of hydrogen-bond donors (Lipinski definition) is 2. The average Bonchev–Trinajstić information content (AvgIpc) is 2.98. The number of nitrogens with one attached hydrogen (secondary N) is 1. The van der Waals surface area contributed by atoms with E-state index in [9.17, 15) is 4.79 Å². The normalized spacial score (nSPS) is 10.3. The van der Waals surface area contributed by atoms with Gasteiger partial charge in [0, 0.05) is 18.6 Å². The highest BCUT2D eigenvalue weighted by Gasteiger charge is 2.11. The standard InChI is InChI=1S/C14H12N6O/c15-10-3-1-2-4-12(10)20-8-5-11(19-20)14(21)18-13-9-16-6-7-17-13/h1-9H,15H2,(H,17,18,21). The molecule has 0 atom stereocenters. The summed E-state index contributed by atoms with van der Waals surface area (Å²) >= 11 is 0. The van der Waals surface area contributed by atoms with E-state index < -0.39 is 0 Å². The summed E-state index contributed by atoms with van der Waals surface area (Å²) < 4.78 is 1.56. The number of hydrogen-bond acceptors (Lipinski definition) is 5. The average molecular weight is 280 g/mol. The lowest BCUT2D eigenvalue weighted by Crippen LogP contribution is -2.14. The fraction of sp³-hybridized carbons (Fsp3) is 0. The summed E-state index contributed by atoms with van der Waals surface area (Å²) in [6.07, 6.45) is 6.17. The molecule has 0 fully saturated rings. The van der Waals surface area contributed by atoms with Gasteiger partial charge in [0.15, 0.2) is 11.5 Å². The van der Waals surface area contributed by atoms with Crippen molar-refractivity contribution in [2.75, 3.05) is 11.1 Å². The molecule has 1 aromatic carbocycles. The fourth-order valence-electron chi connectivity index (χ4n) is 1.82. The largest absolute Gasteiger partial charge is 0.397 e. The second-order valence-corrected chi connectivity index (χ2v) is 4.25. The van der Waals surface area contributed by atoms with Crippen LogP contribution in [0, 0.1) is 0 Å². The van der Waals surface area contributed by atoms with Crippen molar-refractivity contribution in [3.63, 3.8) is 0 Å². The fourth-order valence-corrected chi connectivity index (χ4v) is 1.82. The summed E-state index contributed by atoms with van der Waals surface area (Å²) in [5.74, 6) is 0.0139. The van der Waals surface area contributed by atoms with E-state index in [-0.39, 0.29) is 11.6 Å². The Balaban J connectivity index is 1.82. The molecule has 0 unspecified atom stereocenters. The lowest BCUT2D eigenvalue weighted by molar-refractivity contribution is 0.102. The van der Waals surface area contributed by atoms with Crippen LogP contribution in [0.3, 0.4) is 0 Å². The molecule has 21 heavy (non-hydrogen) atoms. The minimum Gasteiger partial charge on any atom is -0.397 e.